The largest absolute Gasteiger partial charge is 0.465 e. The van der Waals surface area contributed by atoms with E-state index in [0.29, 0.717) is 18.8 Å². The second-order valence-electron chi connectivity index (χ2n) is 7.94. The molecule has 0 saturated carbocycles. The number of ether oxygens (including phenoxy) is 2. The van der Waals surface area contributed by atoms with E-state index in [1.165, 1.54) is 4.90 Å². The van der Waals surface area contributed by atoms with E-state index >= 15 is 0 Å². The Hall–Kier alpha value is -2.81. The van der Waals surface area contributed by atoms with E-state index in [1.54, 1.807) is 29.2 Å². The molecule has 2 aliphatic rings. The Morgan fingerprint density at radius 3 is 2.32 bits per heavy atom. The van der Waals surface area contributed by atoms with Crippen molar-refractivity contribution >= 4 is 29.5 Å². The van der Waals surface area contributed by atoms with Crippen molar-refractivity contribution in [3.8, 4) is 0 Å². The molecule has 2 atom stereocenters. The molecule has 0 bridgehead atoms. The molecule has 3 rings (SSSR count). The molecule has 28 heavy (non-hydrogen) atoms. The molecule has 0 aliphatic carbocycles. The zero-order valence-corrected chi connectivity index (χ0v) is 16.2. The van der Waals surface area contributed by atoms with Crippen molar-refractivity contribution in [2.45, 2.75) is 32.9 Å². The fourth-order valence-corrected chi connectivity index (χ4v) is 3.47. The molecular formula is C19H25N3O6. The summed E-state index contributed by atoms with van der Waals surface area (Å²) in [6.45, 7) is 6.93. The van der Waals surface area contributed by atoms with Crippen LogP contribution in [0.2, 0.25) is 0 Å². The molecule has 152 valence electrons. The number of carbonyl (C=O) groups excluding carboxylic acids is 2. The molecule has 2 heterocycles. The summed E-state index contributed by atoms with van der Waals surface area (Å²) in [4.78, 5) is 38.6. The first-order valence-corrected chi connectivity index (χ1v) is 9.12. The van der Waals surface area contributed by atoms with Crippen molar-refractivity contribution in [3.05, 3.63) is 24.3 Å². The van der Waals surface area contributed by atoms with Crippen LogP contribution in [0.5, 0.6) is 0 Å². The van der Waals surface area contributed by atoms with Crippen molar-refractivity contribution in [1.29, 1.82) is 0 Å². The lowest BCUT2D eigenvalue weighted by atomic mass is 9.83. The van der Waals surface area contributed by atoms with Gasteiger partial charge in [0.25, 0.3) is 5.91 Å². The van der Waals surface area contributed by atoms with E-state index in [0.717, 1.165) is 5.69 Å². The van der Waals surface area contributed by atoms with Gasteiger partial charge in [0.05, 0.1) is 19.2 Å². The molecule has 9 heteroatoms. The highest BCUT2D eigenvalue weighted by atomic mass is 16.6. The average molecular weight is 391 g/mol. The van der Waals surface area contributed by atoms with Crippen molar-refractivity contribution in [3.63, 3.8) is 0 Å². The molecule has 9 nitrogen and oxygen atoms in total. The summed E-state index contributed by atoms with van der Waals surface area (Å²) in [7, 11) is 0. The minimum atomic E-state index is -1.16. The number of nitrogens with zero attached hydrogens (tertiary/aromatic N) is 2. The number of anilines is 2. The van der Waals surface area contributed by atoms with Gasteiger partial charge < -0.3 is 24.8 Å². The van der Waals surface area contributed by atoms with E-state index in [-0.39, 0.29) is 19.1 Å². The van der Waals surface area contributed by atoms with Gasteiger partial charge in [-0.2, -0.15) is 0 Å². The van der Waals surface area contributed by atoms with Crippen LogP contribution in [0, 0.1) is 5.41 Å². The Morgan fingerprint density at radius 1 is 1.18 bits per heavy atom. The lowest BCUT2D eigenvalue weighted by molar-refractivity contribution is -0.125. The molecule has 2 N–H and O–H groups in total. The Labute approximate surface area is 163 Å². The smallest absolute Gasteiger partial charge is 0.414 e. The maximum absolute atomic E-state index is 12.4. The molecular weight excluding hydrogens is 366 g/mol. The van der Waals surface area contributed by atoms with Crippen molar-refractivity contribution < 1.29 is 29.0 Å². The second-order valence-corrected chi connectivity index (χ2v) is 7.94. The summed E-state index contributed by atoms with van der Waals surface area (Å²) in [6, 6.07) is 6.49. The molecule has 0 aromatic heterocycles. The molecule has 1 unspecified atom stereocenters. The third kappa shape index (κ3) is 4.19. The first kappa shape index (κ1) is 19.9. The Kier molecular flexibility index (Phi) is 5.46. The van der Waals surface area contributed by atoms with Crippen LogP contribution in [0.15, 0.2) is 24.3 Å². The van der Waals surface area contributed by atoms with Gasteiger partial charge in [0.15, 0.2) is 0 Å². The van der Waals surface area contributed by atoms with Gasteiger partial charge in [0.1, 0.15) is 12.7 Å². The van der Waals surface area contributed by atoms with Gasteiger partial charge in [0, 0.05) is 17.9 Å². The van der Waals surface area contributed by atoms with Gasteiger partial charge in [-0.05, 0) is 29.7 Å². The summed E-state index contributed by atoms with van der Waals surface area (Å²) < 4.78 is 10.6. The van der Waals surface area contributed by atoms with Crippen LogP contribution < -0.4 is 15.1 Å². The van der Waals surface area contributed by atoms with Gasteiger partial charge in [-0.3, -0.25) is 9.69 Å². The molecule has 2 aliphatic heterocycles. The summed E-state index contributed by atoms with van der Waals surface area (Å²) in [6.07, 6.45) is -2.29. The Bertz CT molecular complexity index is 758. The Morgan fingerprint density at radius 2 is 1.79 bits per heavy atom. The Balaban J connectivity index is 1.74. The number of nitrogens with one attached hydrogen (secondary N) is 1. The van der Waals surface area contributed by atoms with Crippen LogP contribution in [0.25, 0.3) is 0 Å². The minimum absolute atomic E-state index is 0.0622. The number of benzene rings is 1. The maximum atomic E-state index is 12.4. The first-order chi connectivity index (χ1) is 13.2. The predicted molar refractivity (Wildman–Crippen MR) is 102 cm³/mol. The van der Waals surface area contributed by atoms with Crippen LogP contribution in [0.3, 0.4) is 0 Å². The normalized spacial score (nSPS) is 21.5. The monoisotopic (exact) mass is 391 g/mol. The molecule has 0 radical (unpaired) electrons. The third-order valence-electron chi connectivity index (χ3n) is 4.88. The third-order valence-corrected chi connectivity index (χ3v) is 4.88. The van der Waals surface area contributed by atoms with Gasteiger partial charge in [-0.15, -0.1) is 0 Å². The highest BCUT2D eigenvalue weighted by Gasteiger charge is 2.43. The predicted octanol–water partition coefficient (Wildman–Crippen LogP) is 2.06. The zero-order chi connectivity index (χ0) is 20.5. The fourth-order valence-electron chi connectivity index (χ4n) is 3.47. The minimum Gasteiger partial charge on any atom is -0.465 e. The van der Waals surface area contributed by atoms with Gasteiger partial charge in [-0.1, -0.05) is 20.8 Å². The average Bonchev–Trinajstić information content (AvgIpc) is 3.00. The van der Waals surface area contributed by atoms with E-state index in [2.05, 4.69) is 5.32 Å². The lowest BCUT2D eigenvalue weighted by Crippen LogP contribution is -2.52. The van der Waals surface area contributed by atoms with Crippen LogP contribution in [-0.2, 0) is 14.3 Å². The van der Waals surface area contributed by atoms with Crippen molar-refractivity contribution in [2.75, 3.05) is 36.1 Å². The molecule has 0 spiro atoms. The highest BCUT2D eigenvalue weighted by molar-refractivity contribution is 5.95. The van der Waals surface area contributed by atoms with Crippen LogP contribution in [0.4, 0.5) is 21.0 Å². The lowest BCUT2D eigenvalue weighted by Gasteiger charge is -2.33. The fraction of sp³-hybridized carbons (Fsp3) is 0.526. The van der Waals surface area contributed by atoms with Gasteiger partial charge in [-0.25, -0.2) is 9.59 Å². The summed E-state index contributed by atoms with van der Waals surface area (Å²) in [5.74, 6) is -0.104. The number of amides is 3. The number of carbonyl (C=O) groups is 3. The summed E-state index contributed by atoms with van der Waals surface area (Å²) >= 11 is 0. The number of cyclic esters (lactones) is 1. The van der Waals surface area contributed by atoms with E-state index < -0.39 is 29.7 Å². The zero-order valence-electron chi connectivity index (χ0n) is 16.2. The molecule has 1 aromatic carbocycles. The van der Waals surface area contributed by atoms with Gasteiger partial charge >= 0.3 is 12.2 Å². The number of hydrogen-bond donors (Lipinski definition) is 2. The van der Waals surface area contributed by atoms with E-state index in [1.807, 2.05) is 20.8 Å². The van der Waals surface area contributed by atoms with Gasteiger partial charge in [0.2, 0.25) is 0 Å². The van der Waals surface area contributed by atoms with Crippen LogP contribution in [0.1, 0.15) is 20.8 Å². The van der Waals surface area contributed by atoms with E-state index in [9.17, 15) is 14.4 Å². The molecule has 2 fully saturated rings. The number of carboxylic acid groups (broad SMARTS) is 1. The summed E-state index contributed by atoms with van der Waals surface area (Å²) in [5.41, 5.74) is 0.932. The van der Waals surface area contributed by atoms with Crippen LogP contribution in [-0.4, -0.2) is 61.6 Å². The standard InChI is InChI=1S/C19H25N3O6/c1-19(2,3)16(20-17(24)25)14-10-22(18(26)28-14)13-6-4-12(5-7-13)21-8-9-27-11-15(21)23/h4-7,14,16,20H,8-11H2,1-3H3,(H,24,25)/t14-,16?/m0/s1. The number of morpholine rings is 1. The quantitative estimate of drug-likeness (QED) is 0.813. The first-order valence-electron chi connectivity index (χ1n) is 9.12. The number of hydrogen-bond acceptors (Lipinski definition) is 5. The molecule has 2 saturated heterocycles. The summed E-state index contributed by atoms with van der Waals surface area (Å²) in [5, 5.41) is 11.6. The van der Waals surface area contributed by atoms with Crippen molar-refractivity contribution in [1.82, 2.24) is 5.32 Å². The van der Waals surface area contributed by atoms with Crippen LogP contribution >= 0.6 is 0 Å². The second kappa shape index (κ2) is 7.67. The topological polar surface area (TPSA) is 108 Å². The maximum Gasteiger partial charge on any atom is 0.414 e. The highest BCUT2D eigenvalue weighted by Crippen LogP contribution is 2.31. The van der Waals surface area contributed by atoms with E-state index in [4.69, 9.17) is 14.6 Å². The SMILES string of the molecule is CC(C)(C)C(NC(=O)O)[C@@H]1CN(c2ccc(N3CCOCC3=O)cc2)C(=O)O1. The van der Waals surface area contributed by atoms with Crippen molar-refractivity contribution in [2.24, 2.45) is 5.41 Å². The number of rotatable bonds is 4. The molecule has 3 amide bonds. The molecule has 1 aromatic rings.